The van der Waals surface area contributed by atoms with Gasteiger partial charge < -0.3 is 39.9 Å². The van der Waals surface area contributed by atoms with Crippen LogP contribution < -0.4 is 10.6 Å². The predicted molar refractivity (Wildman–Crippen MR) is 217 cm³/mol. The van der Waals surface area contributed by atoms with Gasteiger partial charge in [0.2, 0.25) is 11.8 Å². The third-order valence-electron chi connectivity index (χ3n) is 12.7. The molecular weight excluding hydrogens is 737 g/mol. The first-order valence-electron chi connectivity index (χ1n) is 20.6. The van der Waals surface area contributed by atoms with Crippen LogP contribution in [0, 0.1) is 17.8 Å². The van der Waals surface area contributed by atoms with E-state index in [9.17, 15) is 19.2 Å². The Hall–Kier alpha value is -5.66. The summed E-state index contributed by atoms with van der Waals surface area (Å²) in [5, 5.41) is 5.48. The second-order valence-electron chi connectivity index (χ2n) is 16.9. The number of H-pyrrole nitrogens is 2. The van der Waals surface area contributed by atoms with Gasteiger partial charge in [-0.15, -0.1) is 0 Å². The number of fused-ring (bicyclic) bond motifs is 5. The molecule has 6 atom stereocenters. The van der Waals surface area contributed by atoms with E-state index in [1.165, 1.54) is 36.5 Å². The summed E-state index contributed by atoms with van der Waals surface area (Å²) in [4.78, 5) is 72.3. The van der Waals surface area contributed by atoms with Crippen molar-refractivity contribution in [2.75, 3.05) is 20.8 Å². The minimum absolute atomic E-state index is 0.0855. The lowest BCUT2D eigenvalue weighted by Crippen LogP contribution is -2.54. The third kappa shape index (κ3) is 7.21. The number of carbonyl (C=O) groups excluding carboxylic acids is 4. The van der Waals surface area contributed by atoms with Crippen LogP contribution in [0.5, 0.6) is 0 Å². The lowest BCUT2D eigenvalue weighted by atomic mass is 9.83. The summed E-state index contributed by atoms with van der Waals surface area (Å²) in [6.07, 6.45) is 8.87. The molecule has 4 N–H and O–H groups in total. The number of nitrogens with zero attached hydrogens (tertiary/aromatic N) is 4. The summed E-state index contributed by atoms with van der Waals surface area (Å²) in [6, 6.07) is 11.5. The van der Waals surface area contributed by atoms with Crippen molar-refractivity contribution in [2.45, 2.75) is 103 Å². The van der Waals surface area contributed by atoms with Crippen molar-refractivity contribution < 1.29 is 28.7 Å². The van der Waals surface area contributed by atoms with Gasteiger partial charge in [0.05, 0.1) is 50.1 Å². The maximum Gasteiger partial charge on any atom is 0.407 e. The second-order valence-corrected chi connectivity index (χ2v) is 16.9. The number of alkyl carbamates (subject to hydrolysis) is 2. The zero-order valence-corrected chi connectivity index (χ0v) is 34.1. The highest BCUT2D eigenvalue weighted by Gasteiger charge is 2.51. The lowest BCUT2D eigenvalue weighted by Gasteiger charge is -2.37. The fourth-order valence-electron chi connectivity index (χ4n) is 9.73. The summed E-state index contributed by atoms with van der Waals surface area (Å²) >= 11 is 0. The molecule has 58 heavy (non-hydrogen) atoms. The van der Waals surface area contributed by atoms with Crippen molar-refractivity contribution in [3.63, 3.8) is 0 Å². The summed E-state index contributed by atoms with van der Waals surface area (Å²) in [5.41, 5.74) is 8.88. The first kappa shape index (κ1) is 39.2. The molecule has 4 heterocycles. The van der Waals surface area contributed by atoms with E-state index in [0.29, 0.717) is 12.5 Å². The molecule has 4 amide bonds. The quantitative estimate of drug-likeness (QED) is 0.137. The number of nitrogens with one attached hydrogen (secondary N) is 4. The van der Waals surface area contributed by atoms with Crippen LogP contribution in [0.3, 0.4) is 0 Å². The van der Waals surface area contributed by atoms with Gasteiger partial charge in [-0.3, -0.25) is 9.59 Å². The first-order chi connectivity index (χ1) is 27.9. The Kier molecular flexibility index (Phi) is 10.8. The number of hydrogen-bond acceptors (Lipinski definition) is 8. The van der Waals surface area contributed by atoms with E-state index in [4.69, 9.17) is 19.4 Å². The van der Waals surface area contributed by atoms with E-state index >= 15 is 0 Å². The number of aromatic amines is 2. The fraction of sp³-hybridized carbons (Fsp3) is 0.500. The molecule has 14 heteroatoms. The number of benzene rings is 2. The Morgan fingerprint density at radius 1 is 0.741 bits per heavy atom. The van der Waals surface area contributed by atoms with Gasteiger partial charge in [-0.25, -0.2) is 19.6 Å². The Balaban J connectivity index is 0.983. The predicted octanol–water partition coefficient (Wildman–Crippen LogP) is 6.71. The van der Waals surface area contributed by atoms with Gasteiger partial charge in [-0.05, 0) is 108 Å². The van der Waals surface area contributed by atoms with Crippen LogP contribution in [0.1, 0.15) is 94.7 Å². The molecule has 4 aromatic rings. The summed E-state index contributed by atoms with van der Waals surface area (Å²) in [7, 11) is 2.61. The van der Waals surface area contributed by atoms with E-state index in [1.54, 1.807) is 0 Å². The zero-order chi connectivity index (χ0) is 40.8. The van der Waals surface area contributed by atoms with Gasteiger partial charge >= 0.3 is 12.2 Å². The largest absolute Gasteiger partial charge is 0.453 e. The van der Waals surface area contributed by atoms with Crippen molar-refractivity contribution >= 4 is 24.0 Å². The van der Waals surface area contributed by atoms with E-state index in [1.807, 2.05) is 49.9 Å². The molecule has 306 valence electrons. The number of imidazole rings is 2. The zero-order valence-electron chi connectivity index (χ0n) is 34.1. The Labute approximate surface area is 338 Å². The number of rotatable bonds is 10. The third-order valence-corrected chi connectivity index (χ3v) is 12.7. The monoisotopic (exact) mass is 790 g/mol. The standard InChI is InChI=1S/C44H54N8O6/c1-23(2)36(49-43(55)57-5)41(53)51-17-7-8-35(51)39-45-21-33(47-39)27-12-15-31-25(18-27)9-10-26-19-28(13-16-32(26)31)34-22-46-40(48-34)38-29-11-14-30(20-29)52(38)42(54)37(24(3)4)50-44(56)58-6/h12-13,15-16,18-19,21-24,29-30,35-38H,7-11,14,17,20H2,1-6H3,(H,45,47)(H,46,48)(H,49,55)(H,50,56)/t29-,30+,35-,36?,37-,38-/m0/s1. The van der Waals surface area contributed by atoms with Crippen molar-refractivity contribution in [3.05, 3.63) is 71.6 Å². The maximum absolute atomic E-state index is 14.0. The molecule has 2 aromatic carbocycles. The molecular formula is C44H54N8O6. The van der Waals surface area contributed by atoms with Crippen LogP contribution in [0.15, 0.2) is 48.8 Å². The molecule has 2 saturated heterocycles. The second kappa shape index (κ2) is 15.9. The number of aromatic nitrogens is 4. The van der Waals surface area contributed by atoms with Crippen LogP contribution >= 0.6 is 0 Å². The number of piperidine rings is 1. The van der Waals surface area contributed by atoms with E-state index in [2.05, 4.69) is 57.0 Å². The average Bonchev–Trinajstić information content (AvgIpc) is 4.09. The molecule has 3 fully saturated rings. The van der Waals surface area contributed by atoms with Gasteiger partial charge in [-0.1, -0.05) is 52.0 Å². The molecule has 2 bridgehead atoms. The molecule has 1 saturated carbocycles. The number of hydrogen-bond donors (Lipinski definition) is 4. The molecule has 0 radical (unpaired) electrons. The first-order valence-corrected chi connectivity index (χ1v) is 20.6. The maximum atomic E-state index is 14.0. The van der Waals surface area contributed by atoms with Crippen molar-refractivity contribution in [2.24, 2.45) is 17.8 Å². The SMILES string of the molecule is COC(=O)NC(C(=O)N1CCC[C@H]1c1ncc(-c2ccc3c(c2)CCc2cc(-c4cnc([C@@H]5[C@H]6CC[C@H](C6)N5C(=O)[C@@H](NC(=O)OC)C(C)C)[nH]4)ccc2-3)[nH]1)C(C)C. The smallest absolute Gasteiger partial charge is 0.407 e. The number of ether oxygens (including phenoxy) is 2. The van der Waals surface area contributed by atoms with E-state index < -0.39 is 24.3 Å². The van der Waals surface area contributed by atoms with Crippen molar-refractivity contribution in [1.82, 2.24) is 40.4 Å². The lowest BCUT2D eigenvalue weighted by molar-refractivity contribution is -0.139. The molecule has 1 unspecified atom stereocenters. The highest BCUT2D eigenvalue weighted by Crippen LogP contribution is 2.50. The van der Waals surface area contributed by atoms with Gasteiger partial charge in [0.15, 0.2) is 0 Å². The summed E-state index contributed by atoms with van der Waals surface area (Å²) in [6.45, 7) is 8.29. The Morgan fingerprint density at radius 2 is 1.29 bits per heavy atom. The molecule has 8 rings (SSSR count). The van der Waals surface area contributed by atoms with Crippen LogP contribution in [0.4, 0.5) is 9.59 Å². The van der Waals surface area contributed by atoms with Gasteiger partial charge in [0.25, 0.3) is 0 Å². The highest BCUT2D eigenvalue weighted by molar-refractivity contribution is 5.87. The van der Waals surface area contributed by atoms with E-state index in [0.717, 1.165) is 79.1 Å². The van der Waals surface area contributed by atoms with E-state index in [-0.39, 0.29) is 41.8 Å². The van der Waals surface area contributed by atoms with Crippen molar-refractivity contribution in [1.29, 1.82) is 0 Å². The molecule has 2 aliphatic heterocycles. The minimum Gasteiger partial charge on any atom is -0.453 e. The Bertz CT molecular complexity index is 2210. The molecule has 2 aliphatic carbocycles. The summed E-state index contributed by atoms with van der Waals surface area (Å²) < 4.78 is 9.61. The minimum atomic E-state index is -0.684. The normalized spacial score (nSPS) is 21.8. The van der Waals surface area contributed by atoms with Crippen LogP contribution in [0.25, 0.3) is 33.6 Å². The molecule has 14 nitrogen and oxygen atoms in total. The highest BCUT2D eigenvalue weighted by atomic mass is 16.5. The van der Waals surface area contributed by atoms with Gasteiger partial charge in [-0.2, -0.15) is 0 Å². The van der Waals surface area contributed by atoms with Gasteiger partial charge in [0.1, 0.15) is 23.7 Å². The van der Waals surface area contributed by atoms with Gasteiger partial charge in [0, 0.05) is 12.6 Å². The molecule has 4 aliphatic rings. The molecule has 2 aromatic heterocycles. The van der Waals surface area contributed by atoms with Crippen molar-refractivity contribution in [3.8, 4) is 33.6 Å². The number of carbonyl (C=O) groups is 4. The number of methoxy groups -OCH3 is 2. The van der Waals surface area contributed by atoms with Crippen LogP contribution in [-0.2, 0) is 31.9 Å². The fourth-order valence-corrected chi connectivity index (χ4v) is 9.73. The average molecular weight is 791 g/mol. The van der Waals surface area contributed by atoms with Crippen LogP contribution in [-0.4, -0.2) is 92.6 Å². The number of likely N-dealkylation sites (tertiary alicyclic amines) is 2. The number of aryl methyl sites for hydroxylation is 2. The van der Waals surface area contributed by atoms with Crippen LogP contribution in [0.2, 0.25) is 0 Å². The Morgan fingerprint density at radius 3 is 1.86 bits per heavy atom. The topological polar surface area (TPSA) is 175 Å². The molecule has 0 spiro atoms. The summed E-state index contributed by atoms with van der Waals surface area (Å²) in [5.74, 6) is 1.43. The number of amides is 4.